The minimum absolute atomic E-state index is 0.112. The predicted octanol–water partition coefficient (Wildman–Crippen LogP) is 2.17. The third-order valence-corrected chi connectivity index (χ3v) is 1.32. The monoisotopic (exact) mass is 179 g/mol. The molecule has 0 spiro atoms. The molecular weight excluding hydrogens is 174 g/mol. The molecule has 0 atom stereocenters. The van der Waals surface area contributed by atoms with Gasteiger partial charge in [-0.2, -0.15) is 10.4 Å². The molecule has 0 heterocycles. The summed E-state index contributed by atoms with van der Waals surface area (Å²) >= 11 is 5.34. The average molecular weight is 180 g/mol. The van der Waals surface area contributed by atoms with Crippen molar-refractivity contribution in [3.63, 3.8) is 0 Å². The third kappa shape index (κ3) is 2.60. The quantitative estimate of drug-likeness (QED) is 0.559. The molecule has 1 aromatic rings. The summed E-state index contributed by atoms with van der Waals surface area (Å²) in [7, 11) is 0. The fourth-order valence-electron chi connectivity index (χ4n) is 0.651. The molecule has 0 aliphatic carbocycles. The van der Waals surface area contributed by atoms with Crippen molar-refractivity contribution in [3.05, 3.63) is 30.3 Å². The highest BCUT2D eigenvalue weighted by Gasteiger charge is 1.88. The highest BCUT2D eigenvalue weighted by molar-refractivity contribution is 6.69. The molecule has 4 heteroatoms. The van der Waals surface area contributed by atoms with Crippen LogP contribution < -0.4 is 5.43 Å². The molecule has 0 amide bonds. The van der Waals surface area contributed by atoms with E-state index < -0.39 is 0 Å². The first-order valence-corrected chi connectivity index (χ1v) is 3.65. The first-order valence-electron chi connectivity index (χ1n) is 3.27. The lowest BCUT2D eigenvalue weighted by Crippen LogP contribution is -1.91. The molecule has 1 N–H and O–H groups in total. The maximum Gasteiger partial charge on any atom is 0.226 e. The zero-order valence-corrected chi connectivity index (χ0v) is 6.92. The van der Waals surface area contributed by atoms with E-state index in [1.54, 1.807) is 6.07 Å². The topological polar surface area (TPSA) is 48.2 Å². The van der Waals surface area contributed by atoms with Gasteiger partial charge in [0.25, 0.3) is 0 Å². The standard InChI is InChI=1S/C8H6ClN3/c9-8(6-10)12-11-7-4-2-1-3-5-7/h1-5,11H. The minimum Gasteiger partial charge on any atom is -0.276 e. The molecule has 60 valence electrons. The Morgan fingerprint density at radius 1 is 1.42 bits per heavy atom. The fourth-order valence-corrected chi connectivity index (χ4v) is 0.694. The zero-order valence-electron chi connectivity index (χ0n) is 6.16. The van der Waals surface area contributed by atoms with Crippen molar-refractivity contribution in [1.82, 2.24) is 0 Å². The van der Waals surface area contributed by atoms with Crippen molar-refractivity contribution in [2.24, 2.45) is 5.10 Å². The Bertz CT molecular complexity index is 313. The SMILES string of the molecule is N#CC(Cl)=NNc1ccccc1. The second-order valence-electron chi connectivity index (χ2n) is 1.99. The first kappa shape index (κ1) is 8.57. The largest absolute Gasteiger partial charge is 0.276 e. The lowest BCUT2D eigenvalue weighted by atomic mass is 10.3. The second kappa shape index (κ2) is 4.37. The highest BCUT2D eigenvalue weighted by Crippen LogP contribution is 2.04. The molecule has 0 aliphatic heterocycles. The van der Waals surface area contributed by atoms with Crippen LogP contribution in [0, 0.1) is 11.3 Å². The number of nitriles is 1. The Morgan fingerprint density at radius 2 is 2.08 bits per heavy atom. The number of anilines is 1. The van der Waals surface area contributed by atoms with Crippen LogP contribution in [-0.4, -0.2) is 5.17 Å². The number of hydrogen-bond acceptors (Lipinski definition) is 3. The van der Waals surface area contributed by atoms with Crippen LogP contribution >= 0.6 is 11.6 Å². The van der Waals surface area contributed by atoms with Crippen LogP contribution in [-0.2, 0) is 0 Å². The van der Waals surface area contributed by atoms with E-state index in [4.69, 9.17) is 16.9 Å². The smallest absolute Gasteiger partial charge is 0.226 e. The Morgan fingerprint density at radius 3 is 2.67 bits per heavy atom. The Balaban J connectivity index is 2.61. The van der Waals surface area contributed by atoms with Crippen molar-refractivity contribution in [1.29, 1.82) is 5.26 Å². The van der Waals surface area contributed by atoms with Crippen molar-refractivity contribution < 1.29 is 0 Å². The van der Waals surface area contributed by atoms with Gasteiger partial charge >= 0.3 is 0 Å². The molecule has 0 saturated carbocycles. The Labute approximate surface area is 75.3 Å². The number of para-hydroxylation sites is 1. The number of nitrogens with one attached hydrogen (secondary N) is 1. The maximum absolute atomic E-state index is 8.26. The second-order valence-corrected chi connectivity index (χ2v) is 2.35. The van der Waals surface area contributed by atoms with Gasteiger partial charge in [0.15, 0.2) is 0 Å². The summed E-state index contributed by atoms with van der Waals surface area (Å²) in [6.07, 6.45) is 0. The van der Waals surface area contributed by atoms with Crippen LogP contribution in [0.4, 0.5) is 5.69 Å². The molecule has 0 aliphatic rings. The van der Waals surface area contributed by atoms with E-state index in [0.717, 1.165) is 5.69 Å². The van der Waals surface area contributed by atoms with Gasteiger partial charge in [-0.1, -0.05) is 18.2 Å². The van der Waals surface area contributed by atoms with Gasteiger partial charge < -0.3 is 0 Å². The van der Waals surface area contributed by atoms with Gasteiger partial charge in [-0.3, -0.25) is 5.43 Å². The van der Waals surface area contributed by atoms with E-state index in [9.17, 15) is 0 Å². The van der Waals surface area contributed by atoms with Crippen molar-refractivity contribution >= 4 is 22.5 Å². The number of benzene rings is 1. The molecule has 1 rings (SSSR count). The minimum atomic E-state index is -0.112. The van der Waals surface area contributed by atoms with Gasteiger partial charge in [-0.15, -0.1) is 0 Å². The van der Waals surface area contributed by atoms with E-state index in [0.29, 0.717) is 0 Å². The lowest BCUT2D eigenvalue weighted by molar-refractivity contribution is 1.35. The van der Waals surface area contributed by atoms with E-state index in [-0.39, 0.29) is 5.17 Å². The highest BCUT2D eigenvalue weighted by atomic mass is 35.5. The summed E-state index contributed by atoms with van der Waals surface area (Å²) < 4.78 is 0. The van der Waals surface area contributed by atoms with Crippen LogP contribution in [0.1, 0.15) is 0 Å². The third-order valence-electron chi connectivity index (χ3n) is 1.15. The summed E-state index contributed by atoms with van der Waals surface area (Å²) in [6.45, 7) is 0. The van der Waals surface area contributed by atoms with Crippen LogP contribution in [0.3, 0.4) is 0 Å². The summed E-state index contributed by atoms with van der Waals surface area (Å²) in [5, 5.41) is 11.7. The number of nitrogens with zero attached hydrogens (tertiary/aromatic N) is 2. The number of hydrazone groups is 1. The Kier molecular flexibility index (Phi) is 3.12. The molecule has 0 saturated heterocycles. The molecule has 12 heavy (non-hydrogen) atoms. The molecule has 1 aromatic carbocycles. The molecule has 3 nitrogen and oxygen atoms in total. The molecule has 0 radical (unpaired) electrons. The fraction of sp³-hybridized carbons (Fsp3) is 0. The molecule has 0 unspecified atom stereocenters. The summed E-state index contributed by atoms with van der Waals surface area (Å²) in [4.78, 5) is 0. The number of rotatable bonds is 2. The van der Waals surface area contributed by atoms with E-state index >= 15 is 0 Å². The average Bonchev–Trinajstić information content (AvgIpc) is 2.16. The Hall–Kier alpha value is -1.53. The molecule has 0 fully saturated rings. The predicted molar refractivity (Wildman–Crippen MR) is 49.0 cm³/mol. The summed E-state index contributed by atoms with van der Waals surface area (Å²) in [5.74, 6) is 0. The van der Waals surface area contributed by atoms with Crippen molar-refractivity contribution in [3.8, 4) is 6.07 Å². The number of halogens is 1. The van der Waals surface area contributed by atoms with Gasteiger partial charge in [0, 0.05) is 0 Å². The lowest BCUT2D eigenvalue weighted by Gasteiger charge is -1.96. The van der Waals surface area contributed by atoms with Crippen molar-refractivity contribution in [2.45, 2.75) is 0 Å². The number of hydrogen-bond donors (Lipinski definition) is 1. The summed E-state index contributed by atoms with van der Waals surface area (Å²) in [6, 6.07) is 10.9. The van der Waals surface area contributed by atoms with Gasteiger partial charge in [-0.05, 0) is 23.7 Å². The van der Waals surface area contributed by atoms with Gasteiger partial charge in [0.05, 0.1) is 5.69 Å². The summed E-state index contributed by atoms with van der Waals surface area (Å²) in [5.41, 5.74) is 3.43. The normalized spacial score (nSPS) is 10.5. The van der Waals surface area contributed by atoms with Crippen LogP contribution in [0.5, 0.6) is 0 Å². The van der Waals surface area contributed by atoms with Gasteiger partial charge in [0.1, 0.15) is 6.07 Å². The van der Waals surface area contributed by atoms with Crippen LogP contribution in [0.25, 0.3) is 0 Å². The molecular formula is C8H6ClN3. The van der Waals surface area contributed by atoms with E-state index in [1.165, 1.54) is 0 Å². The van der Waals surface area contributed by atoms with Crippen LogP contribution in [0.2, 0.25) is 0 Å². The van der Waals surface area contributed by atoms with Crippen molar-refractivity contribution in [2.75, 3.05) is 5.43 Å². The van der Waals surface area contributed by atoms with E-state index in [2.05, 4.69) is 10.5 Å². The van der Waals surface area contributed by atoms with Crippen LogP contribution in [0.15, 0.2) is 35.4 Å². The van der Waals surface area contributed by atoms with Gasteiger partial charge in [0.2, 0.25) is 5.17 Å². The maximum atomic E-state index is 8.26. The van der Waals surface area contributed by atoms with Gasteiger partial charge in [-0.25, -0.2) is 0 Å². The van der Waals surface area contributed by atoms with E-state index in [1.807, 2.05) is 30.3 Å². The first-order chi connectivity index (χ1) is 5.83. The zero-order chi connectivity index (χ0) is 8.81. The molecule has 0 bridgehead atoms. The molecule has 0 aromatic heterocycles.